The van der Waals surface area contributed by atoms with Crippen LogP contribution in [-0.2, 0) is 0 Å². The Morgan fingerprint density at radius 2 is 2.08 bits per heavy atom. The highest BCUT2D eigenvalue weighted by atomic mass is 32.2. The van der Waals surface area contributed by atoms with Crippen molar-refractivity contribution in [3.8, 4) is 0 Å². The van der Waals surface area contributed by atoms with Gasteiger partial charge in [0.2, 0.25) is 0 Å². The van der Waals surface area contributed by atoms with Gasteiger partial charge in [-0.15, -0.1) is 11.8 Å². The van der Waals surface area contributed by atoms with E-state index in [4.69, 9.17) is 0 Å². The van der Waals surface area contributed by atoms with E-state index in [-0.39, 0.29) is 0 Å². The summed E-state index contributed by atoms with van der Waals surface area (Å²) in [6, 6.07) is 4.15. The Morgan fingerprint density at radius 3 is 2.85 bits per heavy atom. The molecule has 0 atom stereocenters. The second-order valence-electron chi connectivity index (χ2n) is 3.48. The van der Waals surface area contributed by atoms with Gasteiger partial charge in [-0.3, -0.25) is 4.79 Å². The summed E-state index contributed by atoms with van der Waals surface area (Å²) in [5.74, 6) is 1.25. The van der Waals surface area contributed by atoms with Gasteiger partial charge in [-0.1, -0.05) is 11.6 Å². The highest BCUT2D eigenvalue weighted by Crippen LogP contribution is 2.33. The summed E-state index contributed by atoms with van der Waals surface area (Å²) in [5, 5.41) is 0. The number of fused-ring (bicyclic) bond motifs is 1. The van der Waals surface area contributed by atoms with Gasteiger partial charge in [0.25, 0.3) is 0 Å². The number of thioether (sulfide) groups is 1. The molecule has 68 valence electrons. The van der Waals surface area contributed by atoms with Crippen molar-refractivity contribution < 1.29 is 4.79 Å². The van der Waals surface area contributed by atoms with Gasteiger partial charge in [-0.2, -0.15) is 0 Å². The number of carbonyl (C=O) groups is 1. The van der Waals surface area contributed by atoms with Crippen LogP contribution >= 0.6 is 11.8 Å². The number of benzene rings is 1. The van der Waals surface area contributed by atoms with Crippen molar-refractivity contribution in [1.29, 1.82) is 0 Å². The summed E-state index contributed by atoms with van der Waals surface area (Å²) < 4.78 is 0. The van der Waals surface area contributed by atoms with Crippen LogP contribution in [0.2, 0.25) is 0 Å². The summed E-state index contributed by atoms with van der Waals surface area (Å²) in [6.07, 6.45) is 0.695. The lowest BCUT2D eigenvalue weighted by Gasteiger charge is -2.16. The van der Waals surface area contributed by atoms with E-state index in [9.17, 15) is 4.79 Å². The van der Waals surface area contributed by atoms with E-state index in [0.717, 1.165) is 11.3 Å². The van der Waals surface area contributed by atoms with E-state index in [1.807, 2.05) is 13.0 Å². The smallest absolute Gasteiger partial charge is 0.164 e. The van der Waals surface area contributed by atoms with Gasteiger partial charge in [-0.05, 0) is 25.5 Å². The molecule has 0 bridgehead atoms. The zero-order valence-electron chi connectivity index (χ0n) is 7.89. The molecule has 0 saturated carbocycles. The molecule has 13 heavy (non-hydrogen) atoms. The van der Waals surface area contributed by atoms with Gasteiger partial charge < -0.3 is 0 Å². The zero-order valence-corrected chi connectivity index (χ0v) is 8.70. The molecule has 0 unspecified atom stereocenters. The molecule has 2 rings (SSSR count). The second-order valence-corrected chi connectivity index (χ2v) is 4.59. The van der Waals surface area contributed by atoms with Crippen LogP contribution < -0.4 is 0 Å². The Morgan fingerprint density at radius 1 is 1.31 bits per heavy atom. The minimum absolute atomic E-state index is 0.306. The summed E-state index contributed by atoms with van der Waals surface area (Å²) in [6.45, 7) is 4.12. The fourth-order valence-corrected chi connectivity index (χ4v) is 2.84. The Bertz CT molecular complexity index is 369. The lowest BCUT2D eigenvalue weighted by Crippen LogP contribution is -2.09. The first kappa shape index (κ1) is 8.82. The topological polar surface area (TPSA) is 17.1 Å². The van der Waals surface area contributed by atoms with Crippen LogP contribution in [0.1, 0.15) is 27.9 Å². The van der Waals surface area contributed by atoms with Crippen molar-refractivity contribution >= 4 is 17.5 Å². The van der Waals surface area contributed by atoms with E-state index in [2.05, 4.69) is 13.0 Å². The van der Waals surface area contributed by atoms with Gasteiger partial charge in [0.05, 0.1) is 0 Å². The maximum atomic E-state index is 11.6. The number of hydrogen-bond acceptors (Lipinski definition) is 2. The first-order valence-electron chi connectivity index (χ1n) is 4.46. The Kier molecular flexibility index (Phi) is 2.16. The quantitative estimate of drug-likeness (QED) is 0.628. The molecule has 1 nitrogen and oxygen atoms in total. The van der Waals surface area contributed by atoms with Crippen LogP contribution in [0.5, 0.6) is 0 Å². The molecular weight excluding hydrogens is 180 g/mol. The van der Waals surface area contributed by atoms with Gasteiger partial charge in [0, 0.05) is 22.6 Å². The van der Waals surface area contributed by atoms with Crippen LogP contribution in [0.3, 0.4) is 0 Å². The molecule has 0 saturated heterocycles. The molecule has 1 aromatic carbocycles. The molecule has 2 heteroatoms. The normalized spacial score (nSPS) is 15.7. The summed E-state index contributed by atoms with van der Waals surface area (Å²) in [4.78, 5) is 12.8. The number of rotatable bonds is 0. The Hall–Kier alpha value is -0.760. The van der Waals surface area contributed by atoms with Crippen molar-refractivity contribution in [3.63, 3.8) is 0 Å². The molecule has 0 radical (unpaired) electrons. The summed E-state index contributed by atoms with van der Waals surface area (Å²) in [7, 11) is 0. The standard InChI is InChI=1S/C11H12OS/c1-7-5-8(2)11-9(6-7)10(12)3-4-13-11/h5-6H,3-4H2,1-2H3. The van der Waals surface area contributed by atoms with Gasteiger partial charge >= 0.3 is 0 Å². The summed E-state index contributed by atoms with van der Waals surface area (Å²) in [5.41, 5.74) is 3.37. The fraction of sp³-hybridized carbons (Fsp3) is 0.364. The molecule has 0 aliphatic carbocycles. The third-order valence-electron chi connectivity index (χ3n) is 2.29. The third kappa shape index (κ3) is 1.51. The molecule has 1 heterocycles. The largest absolute Gasteiger partial charge is 0.294 e. The van der Waals surface area contributed by atoms with Gasteiger partial charge in [0.1, 0.15) is 0 Å². The molecule has 1 aliphatic heterocycles. The lowest BCUT2D eigenvalue weighted by atomic mass is 10.0. The Balaban J connectivity index is 2.63. The SMILES string of the molecule is Cc1cc(C)c2c(c1)C(=O)CCS2. The average molecular weight is 192 g/mol. The molecule has 1 aliphatic rings. The van der Waals surface area contributed by atoms with Crippen LogP contribution in [0.15, 0.2) is 17.0 Å². The molecule has 0 aromatic heterocycles. The zero-order chi connectivity index (χ0) is 9.42. The average Bonchev–Trinajstić information content (AvgIpc) is 2.07. The van der Waals surface area contributed by atoms with Crippen molar-refractivity contribution in [3.05, 3.63) is 28.8 Å². The lowest BCUT2D eigenvalue weighted by molar-refractivity contribution is 0.0984. The number of aryl methyl sites for hydroxylation is 2. The van der Waals surface area contributed by atoms with E-state index in [1.54, 1.807) is 11.8 Å². The van der Waals surface area contributed by atoms with E-state index < -0.39 is 0 Å². The Labute approximate surface area is 82.5 Å². The van der Waals surface area contributed by atoms with Crippen LogP contribution in [0.4, 0.5) is 0 Å². The third-order valence-corrected chi connectivity index (χ3v) is 3.53. The molecular formula is C11H12OS. The van der Waals surface area contributed by atoms with Crippen molar-refractivity contribution in [2.24, 2.45) is 0 Å². The minimum Gasteiger partial charge on any atom is -0.294 e. The molecule has 0 amide bonds. The predicted octanol–water partition coefficient (Wildman–Crippen LogP) is 2.98. The number of hydrogen-bond donors (Lipinski definition) is 0. The first-order valence-corrected chi connectivity index (χ1v) is 5.44. The highest BCUT2D eigenvalue weighted by molar-refractivity contribution is 7.99. The van der Waals surface area contributed by atoms with Crippen molar-refractivity contribution in [2.75, 3.05) is 5.75 Å². The maximum absolute atomic E-state index is 11.6. The molecule has 1 aromatic rings. The number of carbonyl (C=O) groups excluding carboxylic acids is 1. The van der Waals surface area contributed by atoms with Crippen LogP contribution in [0.25, 0.3) is 0 Å². The monoisotopic (exact) mass is 192 g/mol. The number of Topliss-reactive ketones (excluding diaryl/α,β-unsaturated/α-hetero) is 1. The van der Waals surface area contributed by atoms with Crippen molar-refractivity contribution in [2.45, 2.75) is 25.2 Å². The molecule has 0 fully saturated rings. The van der Waals surface area contributed by atoms with E-state index in [1.165, 1.54) is 16.0 Å². The maximum Gasteiger partial charge on any atom is 0.164 e. The van der Waals surface area contributed by atoms with Crippen LogP contribution in [-0.4, -0.2) is 11.5 Å². The van der Waals surface area contributed by atoms with Gasteiger partial charge in [0.15, 0.2) is 5.78 Å². The highest BCUT2D eigenvalue weighted by Gasteiger charge is 2.19. The van der Waals surface area contributed by atoms with Crippen molar-refractivity contribution in [1.82, 2.24) is 0 Å². The minimum atomic E-state index is 0.306. The first-order chi connectivity index (χ1) is 6.18. The molecule has 0 N–H and O–H groups in total. The summed E-state index contributed by atoms with van der Waals surface area (Å²) >= 11 is 1.81. The van der Waals surface area contributed by atoms with Gasteiger partial charge in [-0.25, -0.2) is 0 Å². The number of ketones is 1. The van der Waals surface area contributed by atoms with E-state index in [0.29, 0.717) is 12.2 Å². The fourth-order valence-electron chi connectivity index (χ4n) is 1.73. The van der Waals surface area contributed by atoms with E-state index >= 15 is 0 Å². The van der Waals surface area contributed by atoms with Crippen LogP contribution in [0, 0.1) is 13.8 Å². The second kappa shape index (κ2) is 3.18. The predicted molar refractivity (Wildman–Crippen MR) is 55.6 cm³/mol. The molecule has 0 spiro atoms.